The first kappa shape index (κ1) is 16.4. The van der Waals surface area contributed by atoms with Crippen LogP contribution in [0.3, 0.4) is 0 Å². The maximum absolute atomic E-state index is 12.9. The molecule has 1 aliphatic heterocycles. The number of hydrogen-bond acceptors (Lipinski definition) is 5. The largest absolute Gasteiger partial charge is 0.326 e. The van der Waals surface area contributed by atoms with Crippen molar-refractivity contribution >= 4 is 27.6 Å². The zero-order valence-corrected chi connectivity index (χ0v) is 14.5. The number of sulfonamides is 1. The summed E-state index contributed by atoms with van der Waals surface area (Å²) in [5.41, 5.74) is 1.00. The zero-order chi connectivity index (χ0) is 17.5. The van der Waals surface area contributed by atoms with Crippen LogP contribution in [0, 0.1) is 0 Å². The Balaban J connectivity index is 2.06. The molecule has 1 amide bonds. The Morgan fingerprint density at radius 2 is 1.88 bits per heavy atom. The number of benzene rings is 1. The monoisotopic (exact) mass is 346 g/mol. The molecule has 0 spiro atoms. The molecule has 1 aromatic carbocycles. The van der Waals surface area contributed by atoms with E-state index in [2.05, 4.69) is 15.3 Å². The third-order valence-corrected chi connectivity index (χ3v) is 5.82. The lowest BCUT2D eigenvalue weighted by Crippen LogP contribution is -2.33. The van der Waals surface area contributed by atoms with Crippen LogP contribution in [-0.2, 0) is 20.2 Å². The van der Waals surface area contributed by atoms with Crippen molar-refractivity contribution in [2.24, 2.45) is 0 Å². The van der Waals surface area contributed by atoms with E-state index in [1.54, 1.807) is 18.2 Å². The summed E-state index contributed by atoms with van der Waals surface area (Å²) in [5.74, 6) is 0.0284. The molecule has 0 unspecified atom stereocenters. The number of nitrogens with one attached hydrogen (secondary N) is 1. The summed E-state index contributed by atoms with van der Waals surface area (Å²) in [4.78, 5) is 19.9. The van der Waals surface area contributed by atoms with Crippen molar-refractivity contribution in [2.75, 3.05) is 16.7 Å². The highest BCUT2D eigenvalue weighted by Gasteiger charge is 2.34. The molecular formula is C16H18N4O3S. The predicted molar refractivity (Wildman–Crippen MR) is 90.3 cm³/mol. The standard InChI is InChI=1S/C16H18N4O3S/c1-16(2)10-14(21)19-13-6-5-11(9-12(13)16)24(22,23)20(3)15-17-7-4-8-18-15/h4-9H,10H2,1-3H3,(H,19,21). The lowest BCUT2D eigenvalue weighted by Gasteiger charge is -2.32. The molecule has 1 aliphatic rings. The fourth-order valence-corrected chi connectivity index (χ4v) is 3.90. The van der Waals surface area contributed by atoms with Gasteiger partial charge >= 0.3 is 0 Å². The molecule has 0 saturated carbocycles. The number of aromatic nitrogens is 2. The Labute approximate surface area is 140 Å². The minimum Gasteiger partial charge on any atom is -0.326 e. The van der Waals surface area contributed by atoms with E-state index in [1.807, 2.05) is 13.8 Å². The van der Waals surface area contributed by atoms with Gasteiger partial charge in [-0.25, -0.2) is 22.7 Å². The van der Waals surface area contributed by atoms with Crippen LogP contribution in [0.25, 0.3) is 0 Å². The average Bonchev–Trinajstić information content (AvgIpc) is 2.53. The van der Waals surface area contributed by atoms with Crippen LogP contribution in [0.4, 0.5) is 11.6 Å². The highest BCUT2D eigenvalue weighted by molar-refractivity contribution is 7.92. The van der Waals surface area contributed by atoms with E-state index in [9.17, 15) is 13.2 Å². The molecule has 0 radical (unpaired) electrons. The van der Waals surface area contributed by atoms with Gasteiger partial charge in [0.2, 0.25) is 11.9 Å². The molecule has 24 heavy (non-hydrogen) atoms. The van der Waals surface area contributed by atoms with E-state index < -0.39 is 15.4 Å². The van der Waals surface area contributed by atoms with Gasteiger partial charge in [0.05, 0.1) is 4.90 Å². The second-order valence-corrected chi connectivity index (χ2v) is 8.31. The topological polar surface area (TPSA) is 92.3 Å². The van der Waals surface area contributed by atoms with Gasteiger partial charge in [0.1, 0.15) is 0 Å². The minimum absolute atomic E-state index is 0.0714. The second-order valence-electron chi connectivity index (χ2n) is 6.34. The maximum Gasteiger partial charge on any atom is 0.266 e. The molecule has 0 saturated heterocycles. The van der Waals surface area contributed by atoms with Crippen molar-refractivity contribution in [1.29, 1.82) is 0 Å². The van der Waals surface area contributed by atoms with Gasteiger partial charge in [-0.15, -0.1) is 0 Å². The van der Waals surface area contributed by atoms with Gasteiger partial charge in [0.25, 0.3) is 10.0 Å². The molecule has 0 bridgehead atoms. The Morgan fingerprint density at radius 1 is 1.21 bits per heavy atom. The predicted octanol–water partition coefficient (Wildman–Crippen LogP) is 1.92. The first-order chi connectivity index (χ1) is 11.2. The number of nitrogens with zero attached hydrogens (tertiary/aromatic N) is 3. The van der Waals surface area contributed by atoms with E-state index in [0.717, 1.165) is 9.87 Å². The van der Waals surface area contributed by atoms with Crippen LogP contribution < -0.4 is 9.62 Å². The smallest absolute Gasteiger partial charge is 0.266 e. The molecule has 0 atom stereocenters. The summed E-state index contributed by atoms with van der Waals surface area (Å²) in [6, 6.07) is 6.34. The molecule has 0 fully saturated rings. The van der Waals surface area contributed by atoms with E-state index in [0.29, 0.717) is 12.1 Å². The highest BCUT2D eigenvalue weighted by Crippen LogP contribution is 2.38. The zero-order valence-electron chi connectivity index (χ0n) is 13.6. The third kappa shape index (κ3) is 2.73. The van der Waals surface area contributed by atoms with Crippen molar-refractivity contribution in [3.8, 4) is 0 Å². The molecule has 8 heteroatoms. The van der Waals surface area contributed by atoms with Gasteiger partial charge in [-0.2, -0.15) is 0 Å². The molecular weight excluding hydrogens is 328 g/mol. The summed E-state index contributed by atoms with van der Waals surface area (Å²) in [6.07, 6.45) is 3.28. The van der Waals surface area contributed by atoms with Crippen molar-refractivity contribution in [2.45, 2.75) is 30.6 Å². The number of carbonyl (C=O) groups excluding carboxylic acids is 1. The Kier molecular flexibility index (Phi) is 3.79. The second kappa shape index (κ2) is 5.55. The van der Waals surface area contributed by atoms with Crippen molar-refractivity contribution in [3.05, 3.63) is 42.2 Å². The molecule has 0 aliphatic carbocycles. The number of fused-ring (bicyclic) bond motifs is 1. The van der Waals surface area contributed by atoms with Gasteiger partial charge < -0.3 is 5.32 Å². The maximum atomic E-state index is 12.9. The van der Waals surface area contributed by atoms with Crippen LogP contribution in [0.1, 0.15) is 25.8 Å². The van der Waals surface area contributed by atoms with Crippen molar-refractivity contribution in [1.82, 2.24) is 9.97 Å². The van der Waals surface area contributed by atoms with Crippen molar-refractivity contribution in [3.63, 3.8) is 0 Å². The van der Waals surface area contributed by atoms with E-state index in [-0.39, 0.29) is 16.8 Å². The SMILES string of the molecule is CN(c1ncccn1)S(=O)(=O)c1ccc2c(c1)C(C)(C)CC(=O)N2. The Hall–Kier alpha value is -2.48. The summed E-state index contributed by atoms with van der Waals surface area (Å²) >= 11 is 0. The number of carbonyl (C=O) groups is 1. The van der Waals surface area contributed by atoms with Crippen molar-refractivity contribution < 1.29 is 13.2 Å². The first-order valence-corrected chi connectivity index (χ1v) is 8.86. The lowest BCUT2D eigenvalue weighted by atomic mass is 9.78. The molecule has 3 rings (SSSR count). The van der Waals surface area contributed by atoms with Gasteiger partial charge in [0, 0.05) is 37.0 Å². The quantitative estimate of drug-likeness (QED) is 0.917. The highest BCUT2D eigenvalue weighted by atomic mass is 32.2. The fraction of sp³-hybridized carbons (Fsp3) is 0.312. The summed E-state index contributed by atoms with van der Waals surface area (Å²) in [6.45, 7) is 3.84. The van der Waals surface area contributed by atoms with E-state index in [1.165, 1.54) is 25.5 Å². The molecule has 126 valence electrons. The number of anilines is 2. The third-order valence-electron chi connectivity index (χ3n) is 4.09. The summed E-state index contributed by atoms with van der Waals surface area (Å²) in [7, 11) is -2.38. The van der Waals surface area contributed by atoms with E-state index in [4.69, 9.17) is 0 Å². The van der Waals surface area contributed by atoms with Gasteiger partial charge in [-0.05, 0) is 29.8 Å². The van der Waals surface area contributed by atoms with Gasteiger partial charge in [-0.1, -0.05) is 13.8 Å². The van der Waals surface area contributed by atoms with Crippen LogP contribution >= 0.6 is 0 Å². The number of rotatable bonds is 3. The molecule has 2 heterocycles. The van der Waals surface area contributed by atoms with Gasteiger partial charge in [0.15, 0.2) is 0 Å². The normalized spacial score (nSPS) is 16.2. The minimum atomic E-state index is -3.79. The molecule has 1 N–H and O–H groups in total. The summed E-state index contributed by atoms with van der Waals surface area (Å²) in [5, 5.41) is 2.78. The van der Waals surface area contributed by atoms with Gasteiger partial charge in [-0.3, -0.25) is 4.79 Å². The molecule has 1 aromatic heterocycles. The Morgan fingerprint density at radius 3 is 2.54 bits per heavy atom. The number of amides is 1. The molecule has 7 nitrogen and oxygen atoms in total. The van der Waals surface area contributed by atoms with Crippen LogP contribution in [0.5, 0.6) is 0 Å². The van der Waals surface area contributed by atoms with E-state index >= 15 is 0 Å². The molecule has 2 aromatic rings. The van der Waals surface area contributed by atoms with Crippen LogP contribution in [0.15, 0.2) is 41.6 Å². The van der Waals surface area contributed by atoms with Crippen LogP contribution in [-0.4, -0.2) is 31.3 Å². The number of hydrogen-bond donors (Lipinski definition) is 1. The summed E-state index contributed by atoms with van der Waals surface area (Å²) < 4.78 is 26.7. The fourth-order valence-electron chi connectivity index (χ4n) is 2.76. The first-order valence-electron chi connectivity index (χ1n) is 7.42. The lowest BCUT2D eigenvalue weighted by molar-refractivity contribution is -0.117. The average molecular weight is 346 g/mol. The van der Waals surface area contributed by atoms with Crippen LogP contribution in [0.2, 0.25) is 0 Å². The Bertz CT molecular complexity index is 895.